The fraction of sp³-hybridized carbons (Fsp3) is 0.400. The van der Waals surface area contributed by atoms with Gasteiger partial charge in [-0.3, -0.25) is 4.98 Å². The van der Waals surface area contributed by atoms with E-state index in [2.05, 4.69) is 48.0 Å². The predicted octanol–water partition coefficient (Wildman–Crippen LogP) is 2.47. The Bertz CT molecular complexity index is 579. The number of hydrogen-bond acceptors (Lipinski definition) is 3. The topological polar surface area (TPSA) is 42.1 Å². The molecule has 2 aromatic rings. The van der Waals surface area contributed by atoms with E-state index in [1.54, 1.807) is 0 Å². The van der Waals surface area contributed by atoms with E-state index in [1.165, 1.54) is 11.1 Å². The molecule has 0 amide bonds. The third-order valence-electron chi connectivity index (χ3n) is 3.95. The van der Waals surface area contributed by atoms with Crippen LogP contribution < -0.4 is 10.6 Å². The molecule has 2 N–H and O–H groups in total. The van der Waals surface area contributed by atoms with Crippen molar-refractivity contribution in [2.45, 2.75) is 32.4 Å². The highest BCUT2D eigenvalue weighted by Crippen LogP contribution is 2.31. The number of benzene rings is 1. The van der Waals surface area contributed by atoms with E-state index in [0.717, 1.165) is 24.2 Å². The molecule has 0 spiro atoms. The summed E-state index contributed by atoms with van der Waals surface area (Å²) in [5, 5.41) is 1.23. The molecule has 0 saturated carbocycles. The first-order valence-electron chi connectivity index (χ1n) is 6.55. The van der Waals surface area contributed by atoms with Gasteiger partial charge in [0.15, 0.2) is 0 Å². The van der Waals surface area contributed by atoms with E-state index < -0.39 is 0 Å². The third-order valence-corrected chi connectivity index (χ3v) is 3.95. The first-order valence-corrected chi connectivity index (χ1v) is 6.55. The summed E-state index contributed by atoms with van der Waals surface area (Å²) in [6.45, 7) is 5.30. The van der Waals surface area contributed by atoms with Crippen LogP contribution in [-0.4, -0.2) is 23.6 Å². The molecule has 2 heterocycles. The Morgan fingerprint density at radius 2 is 2.11 bits per heavy atom. The molecule has 94 valence electrons. The number of nitrogens with zero attached hydrogens (tertiary/aromatic N) is 2. The van der Waals surface area contributed by atoms with Gasteiger partial charge >= 0.3 is 0 Å². The van der Waals surface area contributed by atoms with Gasteiger partial charge in [-0.2, -0.15) is 0 Å². The summed E-state index contributed by atoms with van der Waals surface area (Å²) in [5.74, 6) is 0. The summed E-state index contributed by atoms with van der Waals surface area (Å²) in [7, 11) is 0. The van der Waals surface area contributed by atoms with Crippen molar-refractivity contribution in [2.75, 3.05) is 11.4 Å². The number of rotatable bonds is 1. The zero-order chi connectivity index (χ0) is 12.7. The Labute approximate surface area is 108 Å². The highest BCUT2D eigenvalue weighted by Gasteiger charge is 2.29. The lowest BCUT2D eigenvalue weighted by atomic mass is 10.1. The minimum Gasteiger partial charge on any atom is -0.367 e. The van der Waals surface area contributed by atoms with Crippen molar-refractivity contribution in [3.63, 3.8) is 0 Å². The van der Waals surface area contributed by atoms with Gasteiger partial charge in [-0.25, -0.2) is 0 Å². The Morgan fingerprint density at radius 1 is 1.33 bits per heavy atom. The number of fused-ring (bicyclic) bond motifs is 1. The second-order valence-corrected chi connectivity index (χ2v) is 5.19. The first kappa shape index (κ1) is 11.5. The van der Waals surface area contributed by atoms with Crippen LogP contribution in [0.25, 0.3) is 10.9 Å². The first-order chi connectivity index (χ1) is 8.66. The van der Waals surface area contributed by atoms with E-state index in [-0.39, 0.29) is 6.04 Å². The average molecular weight is 241 g/mol. The van der Waals surface area contributed by atoms with Gasteiger partial charge in [0, 0.05) is 35.4 Å². The maximum atomic E-state index is 6.13. The normalized spacial score (nSPS) is 23.8. The van der Waals surface area contributed by atoms with Gasteiger partial charge in [0.05, 0.1) is 5.52 Å². The molecule has 1 aromatic carbocycles. The predicted molar refractivity (Wildman–Crippen MR) is 75.9 cm³/mol. The van der Waals surface area contributed by atoms with Crippen molar-refractivity contribution in [1.82, 2.24) is 4.98 Å². The molecule has 3 rings (SSSR count). The standard InChI is InChI=1S/C15H19N3/c1-10-9-15(18-8-7-13(16)11(18)2)12-5-3-4-6-14(12)17-10/h3-6,9,11,13H,7-8,16H2,1-2H3. The third kappa shape index (κ3) is 1.75. The van der Waals surface area contributed by atoms with Crippen molar-refractivity contribution in [1.29, 1.82) is 0 Å². The van der Waals surface area contributed by atoms with Crippen LogP contribution in [0, 0.1) is 6.92 Å². The fourth-order valence-corrected chi connectivity index (χ4v) is 2.83. The monoisotopic (exact) mass is 241 g/mol. The number of aromatic nitrogens is 1. The lowest BCUT2D eigenvalue weighted by Gasteiger charge is -2.27. The maximum absolute atomic E-state index is 6.13. The Balaban J connectivity index is 2.16. The van der Waals surface area contributed by atoms with Crippen LogP contribution in [0.15, 0.2) is 30.3 Å². The Kier molecular flexibility index (Phi) is 2.71. The average Bonchev–Trinajstić information content (AvgIpc) is 2.69. The number of hydrogen-bond donors (Lipinski definition) is 1. The van der Waals surface area contributed by atoms with Gasteiger partial charge in [0.1, 0.15) is 0 Å². The van der Waals surface area contributed by atoms with Crippen molar-refractivity contribution < 1.29 is 0 Å². The molecular formula is C15H19N3. The summed E-state index contributed by atoms with van der Waals surface area (Å²) in [6, 6.07) is 11.2. The lowest BCUT2D eigenvalue weighted by Crippen LogP contribution is -2.36. The second kappa shape index (κ2) is 4.25. The molecule has 3 nitrogen and oxygen atoms in total. The van der Waals surface area contributed by atoms with E-state index >= 15 is 0 Å². The Hall–Kier alpha value is -1.61. The molecule has 0 bridgehead atoms. The lowest BCUT2D eigenvalue weighted by molar-refractivity contribution is 0.625. The zero-order valence-electron chi connectivity index (χ0n) is 10.9. The molecule has 1 aliphatic rings. The molecule has 0 aliphatic carbocycles. The number of pyridine rings is 1. The van der Waals surface area contributed by atoms with Crippen LogP contribution in [0.5, 0.6) is 0 Å². The van der Waals surface area contributed by atoms with Gasteiger partial charge in [-0.1, -0.05) is 18.2 Å². The van der Waals surface area contributed by atoms with E-state index in [9.17, 15) is 0 Å². The fourth-order valence-electron chi connectivity index (χ4n) is 2.83. The zero-order valence-corrected chi connectivity index (χ0v) is 10.9. The minimum atomic E-state index is 0.275. The van der Waals surface area contributed by atoms with Gasteiger partial charge in [0.25, 0.3) is 0 Å². The van der Waals surface area contributed by atoms with Crippen LogP contribution >= 0.6 is 0 Å². The smallest absolute Gasteiger partial charge is 0.0726 e. The highest BCUT2D eigenvalue weighted by molar-refractivity contribution is 5.92. The molecule has 1 fully saturated rings. The van der Waals surface area contributed by atoms with Crippen LogP contribution in [-0.2, 0) is 0 Å². The molecule has 2 unspecified atom stereocenters. The van der Waals surface area contributed by atoms with Crippen molar-refractivity contribution in [3.8, 4) is 0 Å². The molecule has 0 radical (unpaired) electrons. The van der Waals surface area contributed by atoms with Crippen molar-refractivity contribution >= 4 is 16.6 Å². The van der Waals surface area contributed by atoms with Crippen LogP contribution in [0.2, 0.25) is 0 Å². The number of aryl methyl sites for hydroxylation is 1. The van der Waals surface area contributed by atoms with Crippen LogP contribution in [0.3, 0.4) is 0 Å². The van der Waals surface area contributed by atoms with Gasteiger partial charge in [-0.15, -0.1) is 0 Å². The summed E-state index contributed by atoms with van der Waals surface area (Å²) >= 11 is 0. The van der Waals surface area contributed by atoms with Gasteiger partial charge in [0.2, 0.25) is 0 Å². The molecule has 1 aliphatic heterocycles. The van der Waals surface area contributed by atoms with E-state index in [4.69, 9.17) is 5.73 Å². The van der Waals surface area contributed by atoms with Gasteiger partial charge < -0.3 is 10.6 Å². The SMILES string of the molecule is Cc1cc(N2CCC(N)C2C)c2ccccc2n1. The number of anilines is 1. The van der Waals surface area contributed by atoms with Crippen LogP contribution in [0.1, 0.15) is 19.0 Å². The summed E-state index contributed by atoms with van der Waals surface area (Å²) < 4.78 is 0. The summed E-state index contributed by atoms with van der Waals surface area (Å²) in [5.41, 5.74) is 9.54. The van der Waals surface area contributed by atoms with Crippen molar-refractivity contribution in [2.24, 2.45) is 5.73 Å². The van der Waals surface area contributed by atoms with E-state index in [0.29, 0.717) is 6.04 Å². The molecule has 1 aromatic heterocycles. The molecule has 18 heavy (non-hydrogen) atoms. The van der Waals surface area contributed by atoms with E-state index in [1.807, 2.05) is 6.07 Å². The number of nitrogens with two attached hydrogens (primary N) is 1. The Morgan fingerprint density at radius 3 is 2.83 bits per heavy atom. The highest BCUT2D eigenvalue weighted by atomic mass is 15.2. The quantitative estimate of drug-likeness (QED) is 0.834. The summed E-state index contributed by atoms with van der Waals surface area (Å²) in [4.78, 5) is 7.01. The van der Waals surface area contributed by atoms with Crippen molar-refractivity contribution in [3.05, 3.63) is 36.0 Å². The number of para-hydroxylation sites is 1. The largest absolute Gasteiger partial charge is 0.367 e. The second-order valence-electron chi connectivity index (χ2n) is 5.19. The molecule has 1 saturated heterocycles. The van der Waals surface area contributed by atoms with Gasteiger partial charge in [-0.05, 0) is 32.4 Å². The summed E-state index contributed by atoms with van der Waals surface area (Å²) in [6.07, 6.45) is 1.07. The molecular weight excluding hydrogens is 222 g/mol. The minimum absolute atomic E-state index is 0.275. The molecule has 2 atom stereocenters. The van der Waals surface area contributed by atoms with Crippen LogP contribution in [0.4, 0.5) is 5.69 Å². The molecule has 3 heteroatoms. The maximum Gasteiger partial charge on any atom is 0.0726 e.